The van der Waals surface area contributed by atoms with Crippen molar-refractivity contribution in [3.63, 3.8) is 0 Å². The molecule has 1 amide bonds. The van der Waals surface area contributed by atoms with Gasteiger partial charge in [-0.25, -0.2) is 0 Å². The van der Waals surface area contributed by atoms with E-state index in [9.17, 15) is 4.79 Å². The second kappa shape index (κ2) is 8.57. The molecule has 1 rings (SSSR count). The maximum Gasteiger partial charge on any atom is 0.223 e. The molecule has 1 fully saturated rings. The van der Waals surface area contributed by atoms with Crippen molar-refractivity contribution in [2.45, 2.75) is 90.9 Å². The average molecular weight is 269 g/mol. The molecule has 1 saturated carbocycles. The van der Waals surface area contributed by atoms with Crippen molar-refractivity contribution in [2.75, 3.05) is 0 Å². The van der Waals surface area contributed by atoms with E-state index in [0.29, 0.717) is 18.2 Å². The number of carbonyl (C=O) groups excluding carboxylic acids is 1. The van der Waals surface area contributed by atoms with Crippen molar-refractivity contribution in [3.8, 4) is 0 Å². The molecule has 0 spiro atoms. The molecular weight excluding hydrogens is 238 g/mol. The summed E-state index contributed by atoms with van der Waals surface area (Å²) in [6.45, 7) is 8.38. The quantitative estimate of drug-likeness (QED) is 0.766. The van der Waals surface area contributed by atoms with Gasteiger partial charge in [0.1, 0.15) is 0 Å². The lowest BCUT2D eigenvalue weighted by Gasteiger charge is -2.31. The molecule has 0 radical (unpaired) electrons. The first-order valence-corrected chi connectivity index (χ1v) is 7.98. The maximum atomic E-state index is 12.0. The van der Waals surface area contributed by atoms with Crippen LogP contribution in [0.2, 0.25) is 0 Å². The number of hydrogen-bond donors (Lipinski definition) is 1. The SMILES string of the molecule is CCCC[C@H](C)C(=O)NC1CCC(OC(C)C)CC1. The van der Waals surface area contributed by atoms with Crippen LogP contribution in [0.4, 0.5) is 0 Å². The average Bonchev–Trinajstić information content (AvgIpc) is 2.37. The molecule has 3 heteroatoms. The first-order valence-electron chi connectivity index (χ1n) is 7.98. The largest absolute Gasteiger partial charge is 0.376 e. The minimum atomic E-state index is 0.157. The molecule has 0 aromatic rings. The third-order valence-electron chi connectivity index (χ3n) is 3.92. The normalized spacial score (nSPS) is 25.3. The van der Waals surface area contributed by atoms with Crippen LogP contribution in [0.1, 0.15) is 72.6 Å². The Labute approximate surface area is 118 Å². The van der Waals surface area contributed by atoms with Crippen molar-refractivity contribution in [2.24, 2.45) is 5.92 Å². The molecule has 19 heavy (non-hydrogen) atoms. The highest BCUT2D eigenvalue weighted by molar-refractivity contribution is 5.78. The second-order valence-corrected chi connectivity index (χ2v) is 6.21. The summed E-state index contributed by atoms with van der Waals surface area (Å²) in [5.74, 6) is 0.395. The van der Waals surface area contributed by atoms with Crippen LogP contribution in [-0.2, 0) is 9.53 Å². The van der Waals surface area contributed by atoms with E-state index in [1.54, 1.807) is 0 Å². The molecule has 1 aliphatic carbocycles. The van der Waals surface area contributed by atoms with Gasteiger partial charge in [0.2, 0.25) is 5.91 Å². The van der Waals surface area contributed by atoms with Gasteiger partial charge in [-0.2, -0.15) is 0 Å². The standard InChI is InChI=1S/C16H31NO2/c1-5-6-7-13(4)16(18)17-14-8-10-15(11-9-14)19-12(2)3/h12-15H,5-11H2,1-4H3,(H,17,18)/t13-,14?,15?/m0/s1. The van der Waals surface area contributed by atoms with E-state index < -0.39 is 0 Å². The van der Waals surface area contributed by atoms with Crippen molar-refractivity contribution < 1.29 is 9.53 Å². The van der Waals surface area contributed by atoms with Crippen molar-refractivity contribution in [1.82, 2.24) is 5.32 Å². The predicted octanol–water partition coefficient (Wildman–Crippen LogP) is 3.67. The number of carbonyl (C=O) groups is 1. The highest BCUT2D eigenvalue weighted by Crippen LogP contribution is 2.22. The van der Waals surface area contributed by atoms with Crippen LogP contribution >= 0.6 is 0 Å². The van der Waals surface area contributed by atoms with Crippen molar-refractivity contribution in [1.29, 1.82) is 0 Å². The van der Waals surface area contributed by atoms with E-state index in [-0.39, 0.29) is 11.8 Å². The van der Waals surface area contributed by atoms with Crippen molar-refractivity contribution >= 4 is 5.91 Å². The fourth-order valence-electron chi connectivity index (χ4n) is 2.71. The number of unbranched alkanes of at least 4 members (excludes halogenated alkanes) is 1. The number of amides is 1. The van der Waals surface area contributed by atoms with Gasteiger partial charge in [0.25, 0.3) is 0 Å². The van der Waals surface area contributed by atoms with E-state index in [1.807, 2.05) is 6.92 Å². The summed E-state index contributed by atoms with van der Waals surface area (Å²) in [4.78, 5) is 12.0. The van der Waals surface area contributed by atoms with E-state index in [0.717, 1.165) is 44.9 Å². The molecular formula is C16H31NO2. The number of hydrogen-bond acceptors (Lipinski definition) is 2. The number of ether oxygens (including phenoxy) is 1. The molecule has 1 aliphatic rings. The minimum absolute atomic E-state index is 0.157. The number of rotatable bonds is 7. The first kappa shape index (κ1) is 16.5. The zero-order valence-corrected chi connectivity index (χ0v) is 13.1. The summed E-state index contributed by atoms with van der Waals surface area (Å²) < 4.78 is 5.83. The lowest BCUT2D eigenvalue weighted by atomic mass is 9.92. The van der Waals surface area contributed by atoms with Gasteiger partial charge < -0.3 is 10.1 Å². The lowest BCUT2D eigenvalue weighted by molar-refractivity contribution is -0.126. The van der Waals surface area contributed by atoms with Crippen LogP contribution in [0, 0.1) is 5.92 Å². The Kier molecular flexibility index (Phi) is 7.44. The van der Waals surface area contributed by atoms with E-state index in [4.69, 9.17) is 4.74 Å². The van der Waals surface area contributed by atoms with Gasteiger partial charge in [-0.1, -0.05) is 26.7 Å². The zero-order chi connectivity index (χ0) is 14.3. The molecule has 1 N–H and O–H groups in total. The predicted molar refractivity (Wildman–Crippen MR) is 79.1 cm³/mol. The fourth-order valence-corrected chi connectivity index (χ4v) is 2.71. The fraction of sp³-hybridized carbons (Fsp3) is 0.938. The summed E-state index contributed by atoms with van der Waals surface area (Å²) in [5.41, 5.74) is 0. The van der Waals surface area contributed by atoms with Gasteiger partial charge in [-0.3, -0.25) is 4.79 Å². The van der Waals surface area contributed by atoms with Gasteiger partial charge >= 0.3 is 0 Å². The summed E-state index contributed by atoms with van der Waals surface area (Å²) in [6, 6.07) is 0.364. The minimum Gasteiger partial charge on any atom is -0.376 e. The summed E-state index contributed by atoms with van der Waals surface area (Å²) in [5, 5.41) is 3.21. The van der Waals surface area contributed by atoms with Crippen LogP contribution in [0.25, 0.3) is 0 Å². The Hall–Kier alpha value is -0.570. The van der Waals surface area contributed by atoms with Crippen LogP contribution in [0.15, 0.2) is 0 Å². The first-order chi connectivity index (χ1) is 9.02. The molecule has 0 unspecified atom stereocenters. The second-order valence-electron chi connectivity index (χ2n) is 6.21. The third-order valence-corrected chi connectivity index (χ3v) is 3.92. The lowest BCUT2D eigenvalue weighted by Crippen LogP contribution is -2.41. The molecule has 0 heterocycles. The Balaban J connectivity index is 2.23. The zero-order valence-electron chi connectivity index (χ0n) is 13.1. The van der Waals surface area contributed by atoms with Crippen LogP contribution < -0.4 is 5.32 Å². The Morgan fingerprint density at radius 3 is 2.37 bits per heavy atom. The molecule has 0 aliphatic heterocycles. The number of nitrogens with one attached hydrogen (secondary N) is 1. The highest BCUT2D eigenvalue weighted by Gasteiger charge is 2.24. The molecule has 112 valence electrons. The van der Waals surface area contributed by atoms with Gasteiger partial charge in [0.05, 0.1) is 12.2 Å². The van der Waals surface area contributed by atoms with E-state index >= 15 is 0 Å². The van der Waals surface area contributed by atoms with Gasteiger partial charge in [-0.15, -0.1) is 0 Å². The van der Waals surface area contributed by atoms with E-state index in [2.05, 4.69) is 26.1 Å². The highest BCUT2D eigenvalue weighted by atomic mass is 16.5. The van der Waals surface area contributed by atoms with Crippen LogP contribution in [0.3, 0.4) is 0 Å². The van der Waals surface area contributed by atoms with Gasteiger partial charge in [-0.05, 0) is 46.0 Å². The van der Waals surface area contributed by atoms with E-state index in [1.165, 1.54) is 0 Å². The van der Waals surface area contributed by atoms with Crippen LogP contribution in [-0.4, -0.2) is 24.2 Å². The Bertz CT molecular complexity index is 257. The van der Waals surface area contributed by atoms with Crippen molar-refractivity contribution in [3.05, 3.63) is 0 Å². The third kappa shape index (κ3) is 6.42. The topological polar surface area (TPSA) is 38.3 Å². The monoisotopic (exact) mass is 269 g/mol. The molecule has 1 atom stereocenters. The molecule has 0 bridgehead atoms. The summed E-state index contributed by atoms with van der Waals surface area (Å²) in [6.07, 6.45) is 8.29. The Morgan fingerprint density at radius 1 is 1.21 bits per heavy atom. The smallest absolute Gasteiger partial charge is 0.223 e. The van der Waals surface area contributed by atoms with Gasteiger partial charge in [0.15, 0.2) is 0 Å². The molecule has 0 saturated heterocycles. The summed E-state index contributed by atoms with van der Waals surface area (Å²) in [7, 11) is 0. The molecule has 0 aromatic carbocycles. The summed E-state index contributed by atoms with van der Waals surface area (Å²) >= 11 is 0. The molecule has 0 aromatic heterocycles. The maximum absolute atomic E-state index is 12.0. The van der Waals surface area contributed by atoms with Crippen LogP contribution in [0.5, 0.6) is 0 Å². The Morgan fingerprint density at radius 2 is 1.84 bits per heavy atom. The van der Waals surface area contributed by atoms with Gasteiger partial charge in [0, 0.05) is 12.0 Å². The molecule has 3 nitrogen and oxygen atoms in total.